The molecule has 7 heteroatoms. The number of rotatable bonds is 4. The Hall–Kier alpha value is -3.84. The topological polar surface area (TPSA) is 79.3 Å². The molecule has 0 bridgehead atoms. The van der Waals surface area contributed by atoms with Gasteiger partial charge in [0.2, 0.25) is 11.3 Å². The fraction of sp³-hybridized carbons (Fsp3) is 0.0435. The van der Waals surface area contributed by atoms with Crippen LogP contribution in [0.2, 0.25) is 0 Å². The Labute approximate surface area is 177 Å². The standard InChI is InChI=1S/C23H17N5OS/c29-22-21(27-23-26-20(28-30-23)16-11-5-2-6-12-16)25-19(15-9-3-1-4-10-15)17-13-7-8-14-18(17)24-22/h1-14,21H,(H,24,29)(H,26,27,28). The minimum Gasteiger partial charge on any atom is -0.331 e. The van der Waals surface area contributed by atoms with E-state index >= 15 is 0 Å². The Morgan fingerprint density at radius 1 is 0.833 bits per heavy atom. The van der Waals surface area contributed by atoms with Gasteiger partial charge in [0.05, 0.1) is 11.4 Å². The van der Waals surface area contributed by atoms with Crippen molar-refractivity contribution in [3.63, 3.8) is 0 Å². The minimum absolute atomic E-state index is 0.246. The summed E-state index contributed by atoms with van der Waals surface area (Å²) in [6, 6.07) is 27.3. The monoisotopic (exact) mass is 411 g/mol. The van der Waals surface area contributed by atoms with Crippen LogP contribution < -0.4 is 10.6 Å². The third kappa shape index (κ3) is 3.58. The van der Waals surface area contributed by atoms with E-state index in [1.807, 2.05) is 84.9 Å². The molecule has 30 heavy (non-hydrogen) atoms. The molecule has 1 aromatic heterocycles. The highest BCUT2D eigenvalue weighted by atomic mass is 32.1. The predicted molar refractivity (Wildman–Crippen MR) is 120 cm³/mol. The highest BCUT2D eigenvalue weighted by Crippen LogP contribution is 2.26. The molecule has 1 aliphatic heterocycles. The SMILES string of the molecule is O=C1Nc2ccccc2C(c2ccccc2)=NC1Nc1nc(-c2ccccc2)ns1. The second kappa shape index (κ2) is 7.88. The van der Waals surface area contributed by atoms with Crippen LogP contribution in [0, 0.1) is 0 Å². The number of anilines is 2. The van der Waals surface area contributed by atoms with Crippen LogP contribution in [0.1, 0.15) is 11.1 Å². The number of nitrogens with one attached hydrogen (secondary N) is 2. The zero-order valence-electron chi connectivity index (χ0n) is 15.8. The van der Waals surface area contributed by atoms with Crippen LogP contribution in [0.15, 0.2) is 89.9 Å². The van der Waals surface area contributed by atoms with Gasteiger partial charge in [0.25, 0.3) is 5.91 Å². The molecule has 0 radical (unpaired) electrons. The number of fused-ring (bicyclic) bond motifs is 1. The zero-order chi connectivity index (χ0) is 20.3. The van der Waals surface area contributed by atoms with Crippen molar-refractivity contribution in [1.82, 2.24) is 9.36 Å². The number of carbonyl (C=O) groups is 1. The Morgan fingerprint density at radius 2 is 1.50 bits per heavy atom. The summed E-state index contributed by atoms with van der Waals surface area (Å²) in [5.41, 5.74) is 4.22. The third-order valence-corrected chi connectivity index (χ3v) is 5.36. The predicted octanol–water partition coefficient (Wildman–Crippen LogP) is 4.43. The van der Waals surface area contributed by atoms with E-state index in [0.717, 1.165) is 28.1 Å². The van der Waals surface area contributed by atoms with E-state index in [-0.39, 0.29) is 5.91 Å². The molecule has 0 saturated carbocycles. The molecule has 4 aromatic rings. The van der Waals surface area contributed by atoms with E-state index in [4.69, 9.17) is 4.99 Å². The van der Waals surface area contributed by atoms with Crippen molar-refractivity contribution in [2.75, 3.05) is 10.6 Å². The number of carbonyl (C=O) groups excluding carboxylic acids is 1. The van der Waals surface area contributed by atoms with Gasteiger partial charge < -0.3 is 10.6 Å². The Kier molecular flexibility index (Phi) is 4.78. The largest absolute Gasteiger partial charge is 0.331 e. The first-order valence-electron chi connectivity index (χ1n) is 9.47. The average Bonchev–Trinajstić information content (AvgIpc) is 3.21. The van der Waals surface area contributed by atoms with E-state index in [2.05, 4.69) is 20.0 Å². The lowest BCUT2D eigenvalue weighted by Gasteiger charge is -2.11. The summed E-state index contributed by atoms with van der Waals surface area (Å²) in [4.78, 5) is 22.2. The van der Waals surface area contributed by atoms with Gasteiger partial charge in [-0.05, 0) is 6.07 Å². The maximum Gasteiger partial charge on any atom is 0.269 e. The number of aliphatic imine (C=N–C) groups is 1. The van der Waals surface area contributed by atoms with Crippen molar-refractivity contribution in [3.8, 4) is 11.4 Å². The van der Waals surface area contributed by atoms with Crippen molar-refractivity contribution in [1.29, 1.82) is 0 Å². The van der Waals surface area contributed by atoms with Gasteiger partial charge in [-0.3, -0.25) is 4.79 Å². The first-order valence-corrected chi connectivity index (χ1v) is 10.2. The van der Waals surface area contributed by atoms with Crippen LogP contribution in [0.4, 0.5) is 10.8 Å². The third-order valence-electron chi connectivity index (χ3n) is 4.71. The fourth-order valence-electron chi connectivity index (χ4n) is 3.28. The summed E-state index contributed by atoms with van der Waals surface area (Å²) in [6.45, 7) is 0. The van der Waals surface area contributed by atoms with Gasteiger partial charge in [0, 0.05) is 28.2 Å². The zero-order valence-corrected chi connectivity index (χ0v) is 16.6. The van der Waals surface area contributed by atoms with E-state index in [1.165, 1.54) is 11.5 Å². The first-order chi connectivity index (χ1) is 14.8. The molecule has 1 atom stereocenters. The number of nitrogens with zero attached hydrogens (tertiary/aromatic N) is 3. The van der Waals surface area contributed by atoms with Crippen LogP contribution in [0.3, 0.4) is 0 Å². The molecule has 5 rings (SSSR count). The maximum atomic E-state index is 12.9. The highest BCUT2D eigenvalue weighted by molar-refractivity contribution is 7.09. The van der Waals surface area contributed by atoms with E-state index in [0.29, 0.717) is 11.0 Å². The summed E-state index contributed by atoms with van der Waals surface area (Å²) >= 11 is 1.21. The average molecular weight is 411 g/mol. The minimum atomic E-state index is -0.829. The van der Waals surface area contributed by atoms with Crippen molar-refractivity contribution in [3.05, 3.63) is 96.1 Å². The first kappa shape index (κ1) is 18.2. The maximum absolute atomic E-state index is 12.9. The number of benzene rings is 3. The fourth-order valence-corrected chi connectivity index (χ4v) is 3.90. The van der Waals surface area contributed by atoms with Crippen molar-refractivity contribution >= 4 is 34.0 Å². The second-order valence-electron chi connectivity index (χ2n) is 6.71. The summed E-state index contributed by atoms with van der Waals surface area (Å²) in [6.07, 6.45) is -0.829. The highest BCUT2D eigenvalue weighted by Gasteiger charge is 2.26. The molecular formula is C23H17N5OS. The molecule has 0 spiro atoms. The Bertz CT molecular complexity index is 1220. The lowest BCUT2D eigenvalue weighted by atomic mass is 10.0. The van der Waals surface area contributed by atoms with Gasteiger partial charge in [-0.2, -0.15) is 9.36 Å². The molecular weight excluding hydrogens is 394 g/mol. The Balaban J connectivity index is 1.51. The number of para-hydroxylation sites is 1. The van der Waals surface area contributed by atoms with E-state index in [9.17, 15) is 4.79 Å². The quantitative estimate of drug-likeness (QED) is 0.521. The molecule has 146 valence electrons. The van der Waals surface area contributed by atoms with Crippen LogP contribution in [-0.2, 0) is 4.79 Å². The van der Waals surface area contributed by atoms with Crippen LogP contribution in [0.5, 0.6) is 0 Å². The van der Waals surface area contributed by atoms with Gasteiger partial charge >= 0.3 is 0 Å². The molecule has 6 nitrogen and oxygen atoms in total. The molecule has 2 heterocycles. The van der Waals surface area contributed by atoms with Crippen molar-refractivity contribution in [2.45, 2.75) is 6.17 Å². The number of benzodiazepines with no additional fused rings is 1. The second-order valence-corrected chi connectivity index (χ2v) is 7.47. The Morgan fingerprint density at radius 3 is 2.27 bits per heavy atom. The summed E-state index contributed by atoms with van der Waals surface area (Å²) < 4.78 is 4.40. The molecule has 3 aromatic carbocycles. The van der Waals surface area contributed by atoms with Gasteiger partial charge in [0.15, 0.2) is 5.82 Å². The van der Waals surface area contributed by atoms with Gasteiger partial charge in [-0.25, -0.2) is 4.99 Å². The molecule has 1 amide bonds. The molecule has 0 aliphatic carbocycles. The molecule has 1 unspecified atom stereocenters. The summed E-state index contributed by atoms with van der Waals surface area (Å²) in [5, 5.41) is 6.65. The van der Waals surface area contributed by atoms with Gasteiger partial charge in [-0.15, -0.1) is 0 Å². The molecule has 0 saturated heterocycles. The van der Waals surface area contributed by atoms with Gasteiger partial charge in [0.1, 0.15) is 0 Å². The van der Waals surface area contributed by atoms with Crippen LogP contribution >= 0.6 is 11.5 Å². The smallest absolute Gasteiger partial charge is 0.269 e. The van der Waals surface area contributed by atoms with Gasteiger partial charge in [-0.1, -0.05) is 78.9 Å². The number of aromatic nitrogens is 2. The van der Waals surface area contributed by atoms with E-state index < -0.39 is 6.17 Å². The lowest BCUT2D eigenvalue weighted by Crippen LogP contribution is -2.32. The van der Waals surface area contributed by atoms with Crippen LogP contribution in [-0.4, -0.2) is 27.1 Å². The molecule has 1 aliphatic rings. The van der Waals surface area contributed by atoms with Crippen molar-refractivity contribution in [2.24, 2.45) is 4.99 Å². The van der Waals surface area contributed by atoms with Crippen LogP contribution in [0.25, 0.3) is 11.4 Å². The summed E-state index contributed by atoms with van der Waals surface area (Å²) in [7, 11) is 0. The molecule has 2 N–H and O–H groups in total. The number of hydrogen-bond acceptors (Lipinski definition) is 6. The normalized spacial score (nSPS) is 15.5. The lowest BCUT2D eigenvalue weighted by molar-refractivity contribution is -0.116. The van der Waals surface area contributed by atoms with Crippen molar-refractivity contribution < 1.29 is 4.79 Å². The number of amides is 1. The summed E-state index contributed by atoms with van der Waals surface area (Å²) in [5.74, 6) is 0.373. The van der Waals surface area contributed by atoms with E-state index in [1.54, 1.807) is 0 Å². The number of hydrogen-bond donors (Lipinski definition) is 2. The molecule has 0 fully saturated rings.